The molecule has 0 radical (unpaired) electrons. The van der Waals surface area contributed by atoms with Gasteiger partial charge in [-0.15, -0.1) is 0 Å². The first-order chi connectivity index (χ1) is 16.2. The highest BCUT2D eigenvalue weighted by Gasteiger charge is 2.40. The minimum Gasteiger partial charge on any atom is -0.449 e. The number of hydrogen-bond donors (Lipinski definition) is 2. The van der Waals surface area contributed by atoms with E-state index in [0.29, 0.717) is 23.3 Å². The number of nitrogens with one attached hydrogen (secondary N) is 1. The molecule has 0 spiro atoms. The lowest BCUT2D eigenvalue weighted by molar-refractivity contribution is 0.103. The van der Waals surface area contributed by atoms with Gasteiger partial charge in [-0.25, -0.2) is 4.79 Å². The highest BCUT2D eigenvalue weighted by molar-refractivity contribution is 9.10. The molecular weight excluding hydrogens is 496 g/mol. The zero-order valence-electron chi connectivity index (χ0n) is 19.1. The fraction of sp³-hybridized carbons (Fsp3) is 0.346. The molecule has 1 saturated heterocycles. The summed E-state index contributed by atoms with van der Waals surface area (Å²) in [5.41, 5.74) is 10.0. The van der Waals surface area contributed by atoms with Crippen molar-refractivity contribution < 1.29 is 14.3 Å². The minimum absolute atomic E-state index is 0.0525. The number of halogens is 1. The number of nitriles is 1. The van der Waals surface area contributed by atoms with Gasteiger partial charge in [-0.1, -0.05) is 35.8 Å². The number of nitrogens with two attached hydrogens (primary N) is 1. The summed E-state index contributed by atoms with van der Waals surface area (Å²) in [6.07, 6.45) is 0.913. The number of rotatable bonds is 3. The Morgan fingerprint density at radius 1 is 1.29 bits per heavy atom. The molecule has 2 aromatic carbocycles. The van der Waals surface area contributed by atoms with Crippen molar-refractivity contribution in [3.05, 3.63) is 62.8 Å². The third kappa shape index (κ3) is 3.55. The lowest BCUT2D eigenvalue weighted by Crippen LogP contribution is -2.37. The van der Waals surface area contributed by atoms with E-state index in [1.807, 2.05) is 24.3 Å². The van der Waals surface area contributed by atoms with Gasteiger partial charge in [0.2, 0.25) is 0 Å². The van der Waals surface area contributed by atoms with Crippen LogP contribution in [0.25, 0.3) is 10.9 Å². The van der Waals surface area contributed by atoms with E-state index in [9.17, 15) is 14.9 Å². The topological polar surface area (TPSA) is 112 Å². The van der Waals surface area contributed by atoms with Crippen LogP contribution in [0.15, 0.2) is 34.8 Å². The van der Waals surface area contributed by atoms with Crippen LogP contribution in [0.1, 0.15) is 59.4 Å². The Hall–Kier alpha value is -3.31. The molecule has 8 heteroatoms. The summed E-state index contributed by atoms with van der Waals surface area (Å²) in [5.74, 6) is 0.196. The summed E-state index contributed by atoms with van der Waals surface area (Å²) in [6, 6.07) is 12.0. The number of hydrogen-bond acceptors (Lipinski definition) is 5. The Labute approximate surface area is 206 Å². The fourth-order valence-corrected chi connectivity index (χ4v) is 5.69. The molecule has 1 aliphatic heterocycles. The van der Waals surface area contributed by atoms with Gasteiger partial charge in [0, 0.05) is 45.1 Å². The number of piperidine rings is 1. The van der Waals surface area contributed by atoms with Gasteiger partial charge < -0.3 is 20.4 Å². The van der Waals surface area contributed by atoms with Crippen molar-refractivity contribution in [2.45, 2.75) is 32.1 Å². The third-order valence-corrected chi connectivity index (χ3v) is 7.70. The molecular formula is C26H25BrN4O3. The summed E-state index contributed by atoms with van der Waals surface area (Å²) in [6.45, 7) is 6.02. The summed E-state index contributed by atoms with van der Waals surface area (Å²) < 4.78 is 5.91. The Bertz CT molecular complexity index is 1380. The smallest absolute Gasteiger partial charge is 0.404 e. The predicted molar refractivity (Wildman–Crippen MR) is 133 cm³/mol. The Balaban J connectivity index is 1.54. The van der Waals surface area contributed by atoms with E-state index < -0.39 is 11.5 Å². The van der Waals surface area contributed by atoms with Gasteiger partial charge in [-0.2, -0.15) is 5.26 Å². The number of fused-ring (bicyclic) bond motifs is 4. The Morgan fingerprint density at radius 3 is 2.71 bits per heavy atom. The molecule has 1 fully saturated rings. The van der Waals surface area contributed by atoms with Gasteiger partial charge in [-0.05, 0) is 48.6 Å². The number of anilines is 1. The van der Waals surface area contributed by atoms with Gasteiger partial charge in [0.05, 0.1) is 23.4 Å². The molecule has 174 valence electrons. The second-order valence-electron chi connectivity index (χ2n) is 9.61. The number of ketones is 1. The molecule has 0 unspecified atom stereocenters. The Kier molecular flexibility index (Phi) is 5.40. The maximum Gasteiger partial charge on any atom is 0.404 e. The molecule has 0 atom stereocenters. The normalized spacial score (nSPS) is 17.2. The summed E-state index contributed by atoms with van der Waals surface area (Å²) in [7, 11) is 0. The number of aromatic nitrogens is 1. The molecule has 2 aliphatic rings. The summed E-state index contributed by atoms with van der Waals surface area (Å²) >= 11 is 3.51. The molecule has 5 rings (SSSR count). The minimum atomic E-state index is -0.750. The third-order valence-electron chi connectivity index (χ3n) is 7.20. The van der Waals surface area contributed by atoms with Crippen molar-refractivity contribution in [2.24, 2.45) is 11.7 Å². The van der Waals surface area contributed by atoms with Crippen LogP contribution in [0.4, 0.5) is 10.5 Å². The summed E-state index contributed by atoms with van der Waals surface area (Å²) in [5, 5.41) is 10.8. The first-order valence-corrected chi connectivity index (χ1v) is 12.1. The summed E-state index contributed by atoms with van der Waals surface area (Å²) in [4.78, 5) is 30.3. The van der Waals surface area contributed by atoms with Gasteiger partial charge in [0.15, 0.2) is 5.78 Å². The van der Waals surface area contributed by atoms with Crippen LogP contribution in [0, 0.1) is 17.2 Å². The van der Waals surface area contributed by atoms with Crippen LogP contribution in [-0.2, 0) is 10.2 Å². The number of nitrogens with zero attached hydrogens (tertiary/aromatic N) is 2. The molecule has 3 N–H and O–H groups in total. The lowest BCUT2D eigenvalue weighted by atomic mass is 9.70. The quantitative estimate of drug-likeness (QED) is 0.505. The first kappa shape index (κ1) is 22.5. The fourth-order valence-electron chi connectivity index (χ4n) is 5.33. The van der Waals surface area contributed by atoms with E-state index in [2.05, 4.69) is 45.7 Å². The van der Waals surface area contributed by atoms with E-state index in [-0.39, 0.29) is 11.7 Å². The largest absolute Gasteiger partial charge is 0.449 e. The average molecular weight is 521 g/mol. The van der Waals surface area contributed by atoms with E-state index in [4.69, 9.17) is 10.5 Å². The van der Waals surface area contributed by atoms with E-state index >= 15 is 0 Å². The molecule has 7 nitrogen and oxygen atoms in total. The van der Waals surface area contributed by atoms with Crippen LogP contribution >= 0.6 is 15.9 Å². The average Bonchev–Trinajstić information content (AvgIpc) is 3.21. The molecule has 1 aromatic heterocycles. The predicted octanol–water partition coefficient (Wildman–Crippen LogP) is 4.98. The van der Waals surface area contributed by atoms with Crippen molar-refractivity contribution in [3.8, 4) is 6.07 Å². The van der Waals surface area contributed by atoms with Crippen molar-refractivity contribution >= 4 is 44.4 Å². The Morgan fingerprint density at radius 2 is 2.03 bits per heavy atom. The highest BCUT2D eigenvalue weighted by Crippen LogP contribution is 2.46. The zero-order valence-corrected chi connectivity index (χ0v) is 20.7. The van der Waals surface area contributed by atoms with Crippen LogP contribution in [0.3, 0.4) is 0 Å². The SMILES string of the molecule is CC1(C)c2cc(N3CCC(COC(N)=O)CC3)c(C#N)cc2C(=O)c2c1[nH]c1cc(Br)ccc21. The number of amides is 1. The second kappa shape index (κ2) is 8.17. The molecule has 3 aromatic rings. The second-order valence-corrected chi connectivity index (χ2v) is 10.5. The molecule has 1 amide bonds. The molecule has 0 bridgehead atoms. The monoisotopic (exact) mass is 520 g/mol. The van der Waals surface area contributed by atoms with Crippen molar-refractivity contribution in [1.82, 2.24) is 4.98 Å². The molecule has 34 heavy (non-hydrogen) atoms. The molecule has 2 heterocycles. The van der Waals surface area contributed by atoms with Gasteiger partial charge in [0.1, 0.15) is 6.07 Å². The zero-order chi connectivity index (χ0) is 24.2. The van der Waals surface area contributed by atoms with Crippen molar-refractivity contribution in [3.63, 3.8) is 0 Å². The number of ether oxygens (including phenoxy) is 1. The van der Waals surface area contributed by atoms with E-state index in [0.717, 1.165) is 58.3 Å². The molecule has 1 aliphatic carbocycles. The standard InChI is InChI=1S/C26H25BrN4O3/c1-26(2)19-11-21(31-7-5-14(6-8-31)13-34-25(29)33)15(12-28)9-18(19)23(32)22-17-4-3-16(27)10-20(17)30-24(22)26/h3-4,9-11,14,30H,5-8,13H2,1-2H3,(H2,29,33). The number of primary amides is 1. The van der Waals surface area contributed by atoms with Crippen LogP contribution in [0.5, 0.6) is 0 Å². The van der Waals surface area contributed by atoms with E-state index in [1.165, 1.54) is 0 Å². The van der Waals surface area contributed by atoms with Crippen LogP contribution < -0.4 is 10.6 Å². The van der Waals surface area contributed by atoms with Gasteiger partial charge in [-0.3, -0.25) is 4.79 Å². The highest BCUT2D eigenvalue weighted by atomic mass is 79.9. The van der Waals surface area contributed by atoms with E-state index in [1.54, 1.807) is 6.07 Å². The maximum atomic E-state index is 13.7. The number of carbonyl (C=O) groups is 2. The maximum absolute atomic E-state index is 13.7. The van der Waals surface area contributed by atoms with Gasteiger partial charge >= 0.3 is 6.09 Å². The lowest BCUT2D eigenvalue weighted by Gasteiger charge is -2.37. The number of H-pyrrole nitrogens is 1. The van der Waals surface area contributed by atoms with Crippen molar-refractivity contribution in [1.29, 1.82) is 5.26 Å². The van der Waals surface area contributed by atoms with Gasteiger partial charge in [0.25, 0.3) is 0 Å². The number of benzene rings is 2. The number of carbonyl (C=O) groups excluding carboxylic acids is 2. The van der Waals surface area contributed by atoms with Crippen LogP contribution in [-0.4, -0.2) is 36.6 Å². The van der Waals surface area contributed by atoms with Crippen molar-refractivity contribution in [2.75, 3.05) is 24.6 Å². The first-order valence-electron chi connectivity index (χ1n) is 11.3. The van der Waals surface area contributed by atoms with Crippen LogP contribution in [0.2, 0.25) is 0 Å². The molecule has 0 saturated carbocycles. The number of aromatic amines is 1.